The molecule has 2 rings (SSSR count). The average molecular weight is 291 g/mol. The van der Waals surface area contributed by atoms with Gasteiger partial charge < -0.3 is 10.5 Å². The molecule has 106 valence electrons. The fourth-order valence-corrected chi connectivity index (χ4v) is 2.15. The molecule has 0 fully saturated rings. The molecule has 1 aromatic heterocycles. The number of halogens is 1. The minimum Gasteiger partial charge on any atom is -0.456 e. The van der Waals surface area contributed by atoms with Crippen molar-refractivity contribution in [3.8, 4) is 11.5 Å². The molecular weight excluding hydrogens is 272 g/mol. The van der Waals surface area contributed by atoms with E-state index in [1.54, 1.807) is 6.20 Å². The highest BCUT2D eigenvalue weighted by molar-refractivity contribution is 6.31. The Balaban J connectivity index is 2.14. The van der Waals surface area contributed by atoms with Gasteiger partial charge in [-0.05, 0) is 48.7 Å². The maximum absolute atomic E-state index is 6.09. The van der Waals surface area contributed by atoms with Gasteiger partial charge >= 0.3 is 0 Å². The van der Waals surface area contributed by atoms with Crippen LogP contribution in [0.15, 0.2) is 36.5 Å². The van der Waals surface area contributed by atoms with Crippen LogP contribution in [0.2, 0.25) is 5.02 Å². The van der Waals surface area contributed by atoms with Crippen molar-refractivity contribution >= 4 is 11.6 Å². The number of rotatable bonds is 5. The molecule has 0 spiro atoms. The van der Waals surface area contributed by atoms with Gasteiger partial charge in [0.25, 0.3) is 0 Å². The Morgan fingerprint density at radius 3 is 2.55 bits per heavy atom. The molecule has 3 nitrogen and oxygen atoms in total. The number of aryl methyl sites for hydroxylation is 1. The molecule has 0 saturated carbocycles. The second-order valence-electron chi connectivity index (χ2n) is 4.64. The van der Waals surface area contributed by atoms with Crippen molar-refractivity contribution in [3.63, 3.8) is 0 Å². The lowest BCUT2D eigenvalue weighted by molar-refractivity contribution is 0.478. The van der Waals surface area contributed by atoms with Crippen LogP contribution in [0, 0.1) is 0 Å². The second kappa shape index (κ2) is 6.73. The van der Waals surface area contributed by atoms with Gasteiger partial charge in [0.2, 0.25) is 0 Å². The van der Waals surface area contributed by atoms with Crippen LogP contribution in [0.5, 0.6) is 11.5 Å². The molecule has 20 heavy (non-hydrogen) atoms. The van der Waals surface area contributed by atoms with Gasteiger partial charge in [0.1, 0.15) is 11.5 Å². The first-order valence-corrected chi connectivity index (χ1v) is 7.19. The van der Waals surface area contributed by atoms with Crippen molar-refractivity contribution in [1.82, 2.24) is 4.98 Å². The second-order valence-corrected chi connectivity index (χ2v) is 5.05. The lowest BCUT2D eigenvalue weighted by Crippen LogP contribution is -2.10. The summed E-state index contributed by atoms with van der Waals surface area (Å²) in [6.07, 6.45) is 3.44. The van der Waals surface area contributed by atoms with E-state index in [0.717, 1.165) is 34.9 Å². The predicted octanol–water partition coefficient (Wildman–Crippen LogP) is 4.50. The molecule has 0 unspecified atom stereocenters. The predicted molar refractivity (Wildman–Crippen MR) is 82.4 cm³/mol. The summed E-state index contributed by atoms with van der Waals surface area (Å²) >= 11 is 6.09. The van der Waals surface area contributed by atoms with Gasteiger partial charge in [-0.25, -0.2) is 0 Å². The van der Waals surface area contributed by atoms with E-state index < -0.39 is 0 Å². The van der Waals surface area contributed by atoms with E-state index in [2.05, 4.69) is 11.9 Å². The molecule has 0 aliphatic carbocycles. The van der Waals surface area contributed by atoms with E-state index in [1.807, 2.05) is 37.3 Å². The van der Waals surface area contributed by atoms with E-state index in [9.17, 15) is 0 Å². The van der Waals surface area contributed by atoms with Crippen molar-refractivity contribution < 1.29 is 4.74 Å². The third kappa shape index (κ3) is 3.50. The summed E-state index contributed by atoms with van der Waals surface area (Å²) in [6.45, 7) is 4.10. The lowest BCUT2D eigenvalue weighted by Gasteiger charge is -2.10. The number of nitrogens with zero attached hydrogens (tertiary/aromatic N) is 1. The monoisotopic (exact) mass is 290 g/mol. The lowest BCUT2D eigenvalue weighted by atomic mass is 10.1. The molecule has 0 saturated heterocycles. The molecule has 1 aromatic carbocycles. The van der Waals surface area contributed by atoms with Crippen LogP contribution in [0.25, 0.3) is 0 Å². The van der Waals surface area contributed by atoms with Crippen LogP contribution in [-0.4, -0.2) is 4.98 Å². The number of hydrogen-bond donors (Lipinski definition) is 1. The van der Waals surface area contributed by atoms with Crippen molar-refractivity contribution in [3.05, 3.63) is 52.8 Å². The number of benzene rings is 1. The van der Waals surface area contributed by atoms with Gasteiger partial charge in [-0.1, -0.05) is 25.4 Å². The summed E-state index contributed by atoms with van der Waals surface area (Å²) in [7, 11) is 0. The SMILES string of the molecule is CCc1cc(Oc2ccc([C@@H](N)CC)nc2)ccc1Cl. The molecular formula is C16H19ClN2O. The van der Waals surface area contributed by atoms with Gasteiger partial charge in [0, 0.05) is 11.1 Å². The smallest absolute Gasteiger partial charge is 0.145 e. The van der Waals surface area contributed by atoms with Gasteiger partial charge in [0.05, 0.1) is 11.9 Å². The molecule has 0 radical (unpaired) electrons. The maximum Gasteiger partial charge on any atom is 0.145 e. The first-order chi connectivity index (χ1) is 9.63. The molecule has 0 aliphatic heterocycles. The number of nitrogens with two attached hydrogens (primary N) is 1. The van der Waals surface area contributed by atoms with E-state index in [4.69, 9.17) is 22.1 Å². The zero-order valence-electron chi connectivity index (χ0n) is 11.8. The summed E-state index contributed by atoms with van der Waals surface area (Å²) in [5.74, 6) is 1.46. The molecule has 1 heterocycles. The largest absolute Gasteiger partial charge is 0.456 e. The Morgan fingerprint density at radius 2 is 1.95 bits per heavy atom. The topological polar surface area (TPSA) is 48.1 Å². The van der Waals surface area contributed by atoms with E-state index in [-0.39, 0.29) is 6.04 Å². The van der Waals surface area contributed by atoms with Gasteiger partial charge in [-0.2, -0.15) is 0 Å². The summed E-state index contributed by atoms with van der Waals surface area (Å²) in [6, 6.07) is 9.43. The number of aromatic nitrogens is 1. The van der Waals surface area contributed by atoms with Crippen molar-refractivity contribution in [1.29, 1.82) is 0 Å². The zero-order chi connectivity index (χ0) is 14.5. The molecule has 2 N–H and O–H groups in total. The fourth-order valence-electron chi connectivity index (χ4n) is 1.90. The number of hydrogen-bond acceptors (Lipinski definition) is 3. The molecule has 1 atom stereocenters. The van der Waals surface area contributed by atoms with Crippen LogP contribution in [0.3, 0.4) is 0 Å². The molecule has 2 aromatic rings. The Kier molecular flexibility index (Phi) is 4.99. The Bertz CT molecular complexity index is 569. The first-order valence-electron chi connectivity index (χ1n) is 6.81. The third-order valence-corrected chi connectivity index (χ3v) is 3.58. The molecule has 0 amide bonds. The Hall–Kier alpha value is -1.58. The van der Waals surface area contributed by atoms with Crippen molar-refractivity contribution in [2.24, 2.45) is 5.73 Å². The van der Waals surface area contributed by atoms with Crippen molar-refractivity contribution in [2.45, 2.75) is 32.7 Å². The Morgan fingerprint density at radius 1 is 1.20 bits per heavy atom. The molecule has 0 bridgehead atoms. The number of ether oxygens (including phenoxy) is 1. The van der Waals surface area contributed by atoms with Gasteiger partial charge in [-0.15, -0.1) is 0 Å². The van der Waals surface area contributed by atoms with Crippen LogP contribution in [-0.2, 0) is 6.42 Å². The standard InChI is InChI=1S/C16H19ClN2O/c1-3-11-9-12(5-7-14(11)17)20-13-6-8-16(19-10-13)15(18)4-2/h5-10,15H,3-4,18H2,1-2H3/t15-/m0/s1. The summed E-state index contributed by atoms with van der Waals surface area (Å²) in [4.78, 5) is 4.33. The summed E-state index contributed by atoms with van der Waals surface area (Å²) < 4.78 is 5.78. The third-order valence-electron chi connectivity index (χ3n) is 3.21. The minimum absolute atomic E-state index is 0.0220. The quantitative estimate of drug-likeness (QED) is 0.882. The number of pyridine rings is 1. The van der Waals surface area contributed by atoms with Crippen LogP contribution >= 0.6 is 11.6 Å². The highest BCUT2D eigenvalue weighted by atomic mass is 35.5. The van der Waals surface area contributed by atoms with Crippen molar-refractivity contribution in [2.75, 3.05) is 0 Å². The Labute approximate surface area is 124 Å². The summed E-state index contributed by atoms with van der Waals surface area (Å²) in [5.41, 5.74) is 7.88. The van der Waals surface area contributed by atoms with E-state index in [1.165, 1.54) is 0 Å². The van der Waals surface area contributed by atoms with E-state index in [0.29, 0.717) is 5.75 Å². The van der Waals surface area contributed by atoms with E-state index >= 15 is 0 Å². The zero-order valence-corrected chi connectivity index (χ0v) is 12.5. The van der Waals surface area contributed by atoms with Crippen LogP contribution in [0.1, 0.15) is 37.6 Å². The highest BCUT2D eigenvalue weighted by Crippen LogP contribution is 2.26. The first kappa shape index (κ1) is 14.8. The average Bonchev–Trinajstić information content (AvgIpc) is 2.49. The fraction of sp³-hybridized carbons (Fsp3) is 0.312. The van der Waals surface area contributed by atoms with Gasteiger partial charge in [-0.3, -0.25) is 4.98 Å². The summed E-state index contributed by atoms with van der Waals surface area (Å²) in [5, 5.41) is 0.766. The maximum atomic E-state index is 6.09. The van der Waals surface area contributed by atoms with Gasteiger partial charge in [0.15, 0.2) is 0 Å². The molecule has 0 aliphatic rings. The normalized spacial score (nSPS) is 12.2. The van der Waals surface area contributed by atoms with Crippen LogP contribution in [0.4, 0.5) is 0 Å². The minimum atomic E-state index is -0.0220. The highest BCUT2D eigenvalue weighted by Gasteiger charge is 2.06. The van der Waals surface area contributed by atoms with Crippen LogP contribution < -0.4 is 10.5 Å². The molecule has 4 heteroatoms.